The van der Waals surface area contributed by atoms with Gasteiger partial charge in [0.1, 0.15) is 0 Å². The molecule has 1 unspecified atom stereocenters. The monoisotopic (exact) mass is 151 g/mol. The van der Waals surface area contributed by atoms with E-state index in [9.17, 15) is 0 Å². The van der Waals surface area contributed by atoms with Crippen LogP contribution in [0, 0.1) is 5.41 Å². The molecule has 0 aliphatic heterocycles. The third-order valence-corrected chi connectivity index (χ3v) is 3.60. The summed E-state index contributed by atoms with van der Waals surface area (Å²) in [6.07, 6.45) is 9.95. The predicted octanol–water partition coefficient (Wildman–Crippen LogP) is 2.80. The van der Waals surface area contributed by atoms with Crippen molar-refractivity contribution < 1.29 is 0 Å². The van der Waals surface area contributed by atoms with E-state index in [-0.39, 0.29) is 0 Å². The molecule has 0 bridgehead atoms. The van der Waals surface area contributed by atoms with E-state index >= 15 is 0 Å². The maximum absolute atomic E-state index is 4.16. The zero-order valence-corrected chi connectivity index (χ0v) is 7.18. The third kappa shape index (κ3) is 1.21. The van der Waals surface area contributed by atoms with Gasteiger partial charge in [0.05, 0.1) is 0 Å². The fraction of sp³-hybridized carbons (Fsp3) is 0.900. The minimum absolute atomic E-state index is 0.605. The van der Waals surface area contributed by atoms with Gasteiger partial charge in [-0.3, -0.25) is 4.99 Å². The van der Waals surface area contributed by atoms with Crippen molar-refractivity contribution in [3.05, 3.63) is 0 Å². The lowest BCUT2D eigenvalue weighted by Crippen LogP contribution is -2.11. The van der Waals surface area contributed by atoms with Crippen molar-refractivity contribution in [3.8, 4) is 0 Å². The molecule has 1 nitrogen and oxygen atoms in total. The third-order valence-electron chi connectivity index (χ3n) is 3.60. The molecule has 2 saturated carbocycles. The summed E-state index contributed by atoms with van der Waals surface area (Å²) < 4.78 is 0. The van der Waals surface area contributed by atoms with Crippen LogP contribution in [-0.4, -0.2) is 12.8 Å². The summed E-state index contributed by atoms with van der Waals surface area (Å²) in [6, 6.07) is 0.605. The van der Waals surface area contributed by atoms with Gasteiger partial charge in [-0.15, -0.1) is 0 Å². The maximum Gasteiger partial charge on any atom is 0.0498 e. The molecular formula is C10H17N. The Balaban J connectivity index is 2.01. The summed E-state index contributed by atoms with van der Waals surface area (Å²) in [6.45, 7) is 3.65. The Morgan fingerprint density at radius 1 is 1.18 bits per heavy atom. The van der Waals surface area contributed by atoms with Crippen LogP contribution in [0.1, 0.15) is 44.9 Å². The van der Waals surface area contributed by atoms with Gasteiger partial charge in [-0.1, -0.05) is 12.8 Å². The first-order valence-corrected chi connectivity index (χ1v) is 4.81. The second kappa shape index (κ2) is 2.62. The van der Waals surface area contributed by atoms with Crippen molar-refractivity contribution in [1.29, 1.82) is 0 Å². The molecule has 1 spiro atoms. The van der Waals surface area contributed by atoms with Gasteiger partial charge in [-0.25, -0.2) is 0 Å². The fourth-order valence-electron chi connectivity index (χ4n) is 2.91. The van der Waals surface area contributed by atoms with Crippen LogP contribution in [0.5, 0.6) is 0 Å². The lowest BCUT2D eigenvalue weighted by atomic mass is 9.84. The molecule has 1 atom stereocenters. The molecule has 0 saturated heterocycles. The van der Waals surface area contributed by atoms with Crippen molar-refractivity contribution in [2.75, 3.05) is 0 Å². The lowest BCUT2D eigenvalue weighted by Gasteiger charge is -2.21. The zero-order chi connectivity index (χ0) is 7.73. The Bertz CT molecular complexity index is 156. The fourth-order valence-corrected chi connectivity index (χ4v) is 2.91. The standard InChI is InChI=1S/C10H17N/c1-11-9-4-7-10(8-9)5-2-3-6-10/h9H,1-8H2. The first-order chi connectivity index (χ1) is 5.35. The van der Waals surface area contributed by atoms with Gasteiger partial charge >= 0.3 is 0 Å². The Morgan fingerprint density at radius 3 is 2.45 bits per heavy atom. The zero-order valence-electron chi connectivity index (χ0n) is 7.18. The molecule has 0 N–H and O–H groups in total. The van der Waals surface area contributed by atoms with E-state index in [0.717, 1.165) is 5.41 Å². The summed E-state index contributed by atoms with van der Waals surface area (Å²) in [5.41, 5.74) is 0.728. The summed E-state index contributed by atoms with van der Waals surface area (Å²) >= 11 is 0. The SMILES string of the molecule is C=NC1CCC2(CCCC2)C1. The molecule has 0 aromatic carbocycles. The molecule has 11 heavy (non-hydrogen) atoms. The quantitative estimate of drug-likeness (QED) is 0.511. The second-order valence-electron chi connectivity index (χ2n) is 4.29. The number of nitrogens with zero attached hydrogens (tertiary/aromatic N) is 1. The Kier molecular flexibility index (Phi) is 1.74. The average Bonchev–Trinajstić information content (AvgIpc) is 2.62. The van der Waals surface area contributed by atoms with Crippen LogP contribution in [0.15, 0.2) is 4.99 Å². The van der Waals surface area contributed by atoms with Gasteiger partial charge < -0.3 is 0 Å². The maximum atomic E-state index is 4.16. The van der Waals surface area contributed by atoms with Gasteiger partial charge in [0.2, 0.25) is 0 Å². The molecule has 62 valence electrons. The largest absolute Gasteiger partial charge is 0.298 e. The smallest absolute Gasteiger partial charge is 0.0498 e. The van der Waals surface area contributed by atoms with Gasteiger partial charge in [-0.05, 0) is 44.2 Å². The van der Waals surface area contributed by atoms with E-state index < -0.39 is 0 Å². The highest BCUT2D eigenvalue weighted by Gasteiger charge is 2.40. The molecule has 1 heteroatoms. The minimum atomic E-state index is 0.605. The highest BCUT2D eigenvalue weighted by atomic mass is 14.8. The van der Waals surface area contributed by atoms with Crippen molar-refractivity contribution >= 4 is 6.72 Å². The topological polar surface area (TPSA) is 12.4 Å². The van der Waals surface area contributed by atoms with E-state index in [4.69, 9.17) is 0 Å². The number of hydrogen-bond acceptors (Lipinski definition) is 1. The number of hydrogen-bond donors (Lipinski definition) is 0. The van der Waals surface area contributed by atoms with E-state index in [1.165, 1.54) is 44.9 Å². The van der Waals surface area contributed by atoms with Crippen LogP contribution in [-0.2, 0) is 0 Å². The van der Waals surface area contributed by atoms with Gasteiger partial charge in [0.15, 0.2) is 0 Å². The molecular weight excluding hydrogens is 134 g/mol. The molecule has 0 heterocycles. The molecule has 0 radical (unpaired) electrons. The summed E-state index contributed by atoms with van der Waals surface area (Å²) in [5.74, 6) is 0. The first kappa shape index (κ1) is 7.33. The molecule has 2 rings (SSSR count). The van der Waals surface area contributed by atoms with Crippen molar-refractivity contribution in [1.82, 2.24) is 0 Å². The number of aliphatic imine (C=N–C) groups is 1. The molecule has 0 amide bonds. The van der Waals surface area contributed by atoms with Crippen molar-refractivity contribution in [2.45, 2.75) is 51.0 Å². The summed E-state index contributed by atoms with van der Waals surface area (Å²) in [4.78, 5) is 4.16. The minimum Gasteiger partial charge on any atom is -0.298 e. The first-order valence-electron chi connectivity index (χ1n) is 4.81. The Hall–Kier alpha value is -0.330. The molecule has 2 fully saturated rings. The molecule has 0 aromatic heterocycles. The normalized spacial score (nSPS) is 34.7. The van der Waals surface area contributed by atoms with Gasteiger partial charge in [0.25, 0.3) is 0 Å². The van der Waals surface area contributed by atoms with E-state index in [2.05, 4.69) is 11.7 Å². The highest BCUT2D eigenvalue weighted by Crippen LogP contribution is 2.51. The average molecular weight is 151 g/mol. The van der Waals surface area contributed by atoms with E-state index in [1.807, 2.05) is 0 Å². The van der Waals surface area contributed by atoms with Gasteiger partial charge in [0, 0.05) is 6.04 Å². The van der Waals surface area contributed by atoms with Crippen LogP contribution < -0.4 is 0 Å². The highest BCUT2D eigenvalue weighted by molar-refractivity contribution is 5.24. The summed E-state index contributed by atoms with van der Waals surface area (Å²) in [7, 11) is 0. The van der Waals surface area contributed by atoms with E-state index in [1.54, 1.807) is 0 Å². The van der Waals surface area contributed by atoms with Crippen LogP contribution in [0.25, 0.3) is 0 Å². The van der Waals surface area contributed by atoms with Gasteiger partial charge in [-0.2, -0.15) is 0 Å². The van der Waals surface area contributed by atoms with Crippen LogP contribution >= 0.6 is 0 Å². The van der Waals surface area contributed by atoms with Crippen LogP contribution in [0.3, 0.4) is 0 Å². The van der Waals surface area contributed by atoms with Crippen LogP contribution in [0.4, 0.5) is 0 Å². The predicted molar refractivity (Wildman–Crippen MR) is 48.1 cm³/mol. The summed E-state index contributed by atoms with van der Waals surface area (Å²) in [5, 5.41) is 0. The lowest BCUT2D eigenvalue weighted by molar-refractivity contribution is 0.305. The Labute approximate surface area is 68.9 Å². The molecule has 0 aromatic rings. The molecule has 2 aliphatic carbocycles. The Morgan fingerprint density at radius 2 is 1.91 bits per heavy atom. The van der Waals surface area contributed by atoms with Crippen molar-refractivity contribution in [2.24, 2.45) is 10.4 Å². The molecule has 2 aliphatic rings. The number of rotatable bonds is 1. The van der Waals surface area contributed by atoms with Crippen molar-refractivity contribution in [3.63, 3.8) is 0 Å². The van der Waals surface area contributed by atoms with Crippen LogP contribution in [0.2, 0.25) is 0 Å². The van der Waals surface area contributed by atoms with E-state index in [0.29, 0.717) is 6.04 Å². The second-order valence-corrected chi connectivity index (χ2v) is 4.29.